The number of sulfonamides is 1. The van der Waals surface area contributed by atoms with Crippen LogP contribution in [-0.2, 0) is 21.4 Å². The largest absolute Gasteiger partial charge is 0.340 e. The van der Waals surface area contributed by atoms with Gasteiger partial charge in [0.1, 0.15) is 6.54 Å². The van der Waals surface area contributed by atoms with Crippen LogP contribution in [0.15, 0.2) is 42.5 Å². The molecular weight excluding hydrogens is 395 g/mol. The van der Waals surface area contributed by atoms with Crippen LogP contribution >= 0.6 is 23.2 Å². The summed E-state index contributed by atoms with van der Waals surface area (Å²) in [6.07, 6.45) is 1.03. The lowest BCUT2D eigenvalue weighted by Gasteiger charge is -2.26. The predicted octanol–water partition coefficient (Wildman–Crippen LogP) is 3.73. The molecule has 0 aliphatic rings. The Bertz CT molecular complexity index is 899. The number of amides is 1. The fourth-order valence-corrected chi connectivity index (χ4v) is 3.65. The van der Waals surface area contributed by atoms with Gasteiger partial charge in [-0.1, -0.05) is 53.0 Å². The number of hydrogen-bond acceptors (Lipinski definition) is 3. The van der Waals surface area contributed by atoms with Crippen molar-refractivity contribution in [2.75, 3.05) is 24.2 Å². The van der Waals surface area contributed by atoms with Crippen molar-refractivity contribution in [3.8, 4) is 0 Å². The number of carbonyl (C=O) groups is 1. The van der Waals surface area contributed by atoms with E-state index in [-0.39, 0.29) is 23.2 Å². The number of nitrogens with zero attached hydrogens (tertiary/aromatic N) is 2. The highest BCUT2D eigenvalue weighted by atomic mass is 35.5. The van der Waals surface area contributed by atoms with E-state index in [0.717, 1.165) is 21.7 Å². The summed E-state index contributed by atoms with van der Waals surface area (Å²) < 4.78 is 25.4. The zero-order chi connectivity index (χ0) is 19.5. The molecule has 0 saturated heterocycles. The standard InChI is InChI=1S/C18H20Cl2N2O3S/c1-13-4-6-14(7-5-13)11-21(2)18(23)12-22(26(3,24)25)17-10-15(19)8-9-16(17)20/h4-10H,11-12H2,1-3H3. The van der Waals surface area contributed by atoms with Crippen molar-refractivity contribution in [1.82, 2.24) is 4.90 Å². The Morgan fingerprint density at radius 1 is 1.08 bits per heavy atom. The molecule has 8 heteroatoms. The number of rotatable bonds is 6. The van der Waals surface area contributed by atoms with Gasteiger partial charge in [0.2, 0.25) is 15.9 Å². The summed E-state index contributed by atoms with van der Waals surface area (Å²) in [6.45, 7) is 2.00. The van der Waals surface area contributed by atoms with Crippen molar-refractivity contribution in [2.24, 2.45) is 0 Å². The zero-order valence-corrected chi connectivity index (χ0v) is 17.1. The number of hydrogen-bond donors (Lipinski definition) is 0. The molecule has 0 unspecified atom stereocenters. The number of anilines is 1. The second kappa shape index (κ2) is 8.29. The molecule has 1 amide bonds. The molecule has 2 rings (SSSR count). The minimum atomic E-state index is -3.72. The summed E-state index contributed by atoms with van der Waals surface area (Å²) in [6, 6.07) is 12.3. The van der Waals surface area contributed by atoms with Crippen LogP contribution in [0.5, 0.6) is 0 Å². The van der Waals surface area contributed by atoms with Crippen molar-refractivity contribution in [1.29, 1.82) is 0 Å². The molecular formula is C18H20Cl2N2O3S. The molecule has 0 aromatic heterocycles. The van der Waals surface area contributed by atoms with Crippen LogP contribution in [0.3, 0.4) is 0 Å². The normalized spacial score (nSPS) is 11.3. The minimum Gasteiger partial charge on any atom is -0.340 e. The summed E-state index contributed by atoms with van der Waals surface area (Å²) in [4.78, 5) is 14.1. The van der Waals surface area contributed by atoms with Gasteiger partial charge in [0, 0.05) is 18.6 Å². The molecule has 2 aromatic carbocycles. The highest BCUT2D eigenvalue weighted by Gasteiger charge is 2.25. The third-order valence-electron chi connectivity index (χ3n) is 3.82. The summed E-state index contributed by atoms with van der Waals surface area (Å²) in [5, 5.41) is 0.535. The first-order valence-corrected chi connectivity index (χ1v) is 10.4. The summed E-state index contributed by atoms with van der Waals surface area (Å²) in [5.41, 5.74) is 2.26. The fourth-order valence-electron chi connectivity index (χ4n) is 2.36. The maximum atomic E-state index is 12.6. The van der Waals surface area contributed by atoms with E-state index in [4.69, 9.17) is 23.2 Å². The van der Waals surface area contributed by atoms with Gasteiger partial charge in [0.15, 0.2) is 0 Å². The van der Waals surface area contributed by atoms with Gasteiger partial charge in [-0.3, -0.25) is 9.10 Å². The molecule has 2 aromatic rings. The minimum absolute atomic E-state index is 0.179. The average Bonchev–Trinajstić information content (AvgIpc) is 2.56. The van der Waals surface area contributed by atoms with Crippen LogP contribution in [0.2, 0.25) is 10.0 Å². The van der Waals surface area contributed by atoms with Gasteiger partial charge in [-0.05, 0) is 30.7 Å². The highest BCUT2D eigenvalue weighted by molar-refractivity contribution is 7.92. The Kier molecular flexibility index (Phi) is 6.55. The first-order chi connectivity index (χ1) is 12.1. The first-order valence-electron chi connectivity index (χ1n) is 7.80. The topological polar surface area (TPSA) is 57.7 Å². The van der Waals surface area contributed by atoms with Gasteiger partial charge in [-0.2, -0.15) is 0 Å². The smallest absolute Gasteiger partial charge is 0.243 e. The van der Waals surface area contributed by atoms with E-state index < -0.39 is 10.0 Å². The Morgan fingerprint density at radius 2 is 1.69 bits per heavy atom. The van der Waals surface area contributed by atoms with E-state index in [9.17, 15) is 13.2 Å². The maximum Gasteiger partial charge on any atom is 0.243 e. The quantitative estimate of drug-likeness (QED) is 0.723. The molecule has 0 aliphatic heterocycles. The summed E-state index contributed by atoms with van der Waals surface area (Å²) in [5.74, 6) is -0.355. The second-order valence-electron chi connectivity index (χ2n) is 6.10. The molecule has 0 atom stereocenters. The molecule has 0 heterocycles. The van der Waals surface area contributed by atoms with Crippen LogP contribution in [-0.4, -0.2) is 39.1 Å². The van der Waals surface area contributed by atoms with Crippen molar-refractivity contribution >= 4 is 44.8 Å². The SMILES string of the molecule is Cc1ccc(CN(C)C(=O)CN(c2cc(Cl)ccc2Cl)S(C)(=O)=O)cc1. The van der Waals surface area contributed by atoms with Crippen molar-refractivity contribution in [3.63, 3.8) is 0 Å². The van der Waals surface area contributed by atoms with Crippen LogP contribution in [0, 0.1) is 6.92 Å². The van der Waals surface area contributed by atoms with Crippen LogP contribution in [0.25, 0.3) is 0 Å². The lowest BCUT2D eigenvalue weighted by atomic mass is 10.1. The molecule has 0 saturated carbocycles. The number of aryl methyl sites for hydroxylation is 1. The summed E-state index contributed by atoms with van der Waals surface area (Å²) in [7, 11) is -2.09. The molecule has 0 radical (unpaired) electrons. The van der Waals surface area contributed by atoms with Gasteiger partial charge in [-0.15, -0.1) is 0 Å². The van der Waals surface area contributed by atoms with Gasteiger partial charge in [0.05, 0.1) is 17.0 Å². The van der Waals surface area contributed by atoms with Gasteiger partial charge < -0.3 is 4.90 Å². The Hall–Kier alpha value is -1.76. The monoisotopic (exact) mass is 414 g/mol. The van der Waals surface area contributed by atoms with Crippen LogP contribution in [0.1, 0.15) is 11.1 Å². The Labute approximate surface area is 164 Å². The molecule has 5 nitrogen and oxygen atoms in total. The lowest BCUT2D eigenvalue weighted by molar-refractivity contribution is -0.128. The summed E-state index contributed by atoms with van der Waals surface area (Å²) >= 11 is 12.1. The van der Waals surface area contributed by atoms with Gasteiger partial charge in [-0.25, -0.2) is 8.42 Å². The van der Waals surface area contributed by atoms with E-state index in [1.807, 2.05) is 31.2 Å². The number of benzene rings is 2. The van der Waals surface area contributed by atoms with Crippen LogP contribution in [0.4, 0.5) is 5.69 Å². The third kappa shape index (κ3) is 5.37. The fraction of sp³-hybridized carbons (Fsp3) is 0.278. The lowest BCUT2D eigenvalue weighted by Crippen LogP contribution is -2.41. The zero-order valence-electron chi connectivity index (χ0n) is 14.7. The molecule has 0 N–H and O–H groups in total. The van der Waals surface area contributed by atoms with E-state index in [0.29, 0.717) is 11.6 Å². The molecule has 140 valence electrons. The van der Waals surface area contributed by atoms with Gasteiger partial charge in [0.25, 0.3) is 0 Å². The average molecular weight is 415 g/mol. The van der Waals surface area contributed by atoms with Crippen molar-refractivity contribution < 1.29 is 13.2 Å². The maximum absolute atomic E-state index is 12.6. The van der Waals surface area contributed by atoms with E-state index in [2.05, 4.69) is 0 Å². The Balaban J connectivity index is 2.21. The number of carbonyl (C=O) groups excluding carboxylic acids is 1. The molecule has 0 fully saturated rings. The van der Waals surface area contributed by atoms with Crippen LogP contribution < -0.4 is 4.31 Å². The molecule has 26 heavy (non-hydrogen) atoms. The Morgan fingerprint density at radius 3 is 2.27 bits per heavy atom. The predicted molar refractivity (Wildman–Crippen MR) is 106 cm³/mol. The first kappa shape index (κ1) is 20.6. The van der Waals surface area contributed by atoms with Gasteiger partial charge >= 0.3 is 0 Å². The third-order valence-corrected chi connectivity index (χ3v) is 5.50. The van der Waals surface area contributed by atoms with Crippen molar-refractivity contribution in [2.45, 2.75) is 13.5 Å². The molecule has 0 aliphatic carbocycles. The number of likely N-dealkylation sites (N-methyl/N-ethyl adjacent to an activating group) is 1. The van der Waals surface area contributed by atoms with E-state index in [1.54, 1.807) is 13.1 Å². The van der Waals surface area contributed by atoms with E-state index >= 15 is 0 Å². The molecule has 0 spiro atoms. The van der Waals surface area contributed by atoms with Crippen molar-refractivity contribution in [3.05, 3.63) is 63.6 Å². The highest BCUT2D eigenvalue weighted by Crippen LogP contribution is 2.30. The van der Waals surface area contributed by atoms with E-state index in [1.165, 1.54) is 17.0 Å². The molecule has 0 bridgehead atoms. The number of halogens is 2. The second-order valence-corrected chi connectivity index (χ2v) is 8.85.